The van der Waals surface area contributed by atoms with Gasteiger partial charge >= 0.3 is 0 Å². The number of amides is 1. The molecule has 33 heavy (non-hydrogen) atoms. The van der Waals surface area contributed by atoms with E-state index in [2.05, 4.69) is 5.32 Å². The molecule has 0 radical (unpaired) electrons. The quantitative estimate of drug-likeness (QED) is 0.421. The van der Waals surface area contributed by atoms with Crippen LogP contribution in [0, 0.1) is 6.92 Å². The van der Waals surface area contributed by atoms with Crippen molar-refractivity contribution >= 4 is 21.6 Å². The lowest BCUT2D eigenvalue weighted by molar-refractivity contribution is 0.0945. The average molecular weight is 467 g/mol. The number of carbonyl (C=O) groups excluding carboxylic acids is 1. The highest BCUT2D eigenvalue weighted by Crippen LogP contribution is 2.29. The third kappa shape index (κ3) is 6.43. The zero-order chi connectivity index (χ0) is 23.7. The van der Waals surface area contributed by atoms with E-state index >= 15 is 0 Å². The van der Waals surface area contributed by atoms with E-state index in [-0.39, 0.29) is 17.3 Å². The van der Waals surface area contributed by atoms with Crippen LogP contribution in [0.4, 0.5) is 5.69 Å². The molecule has 3 aromatic carbocycles. The smallest absolute Gasteiger partial charge is 0.264 e. The van der Waals surface area contributed by atoms with Crippen molar-refractivity contribution in [3.63, 3.8) is 0 Å². The Bertz CT molecular complexity index is 1150. The van der Waals surface area contributed by atoms with Crippen molar-refractivity contribution < 1.29 is 17.9 Å². The van der Waals surface area contributed by atoms with Crippen molar-refractivity contribution in [2.24, 2.45) is 0 Å². The Balaban J connectivity index is 1.97. The van der Waals surface area contributed by atoms with Gasteiger partial charge in [-0.05, 0) is 50.1 Å². The Morgan fingerprint density at radius 2 is 1.61 bits per heavy atom. The van der Waals surface area contributed by atoms with E-state index in [1.165, 1.54) is 4.31 Å². The normalized spacial score (nSPS) is 11.2. The molecule has 1 amide bonds. The molecule has 0 aliphatic carbocycles. The maximum Gasteiger partial charge on any atom is 0.264 e. The van der Waals surface area contributed by atoms with E-state index in [4.69, 9.17) is 4.74 Å². The molecule has 0 aromatic heterocycles. The molecule has 0 bridgehead atoms. The summed E-state index contributed by atoms with van der Waals surface area (Å²) >= 11 is 0. The number of anilines is 1. The average Bonchev–Trinajstić information content (AvgIpc) is 2.83. The summed E-state index contributed by atoms with van der Waals surface area (Å²) in [6.07, 6.45) is 0.678. The van der Waals surface area contributed by atoms with Gasteiger partial charge in [0.1, 0.15) is 0 Å². The number of nitrogens with one attached hydrogen (secondary N) is 1. The Hall–Kier alpha value is -3.16. The molecule has 3 aromatic rings. The summed E-state index contributed by atoms with van der Waals surface area (Å²) in [4.78, 5) is 13.2. The largest absolute Gasteiger partial charge is 0.382 e. The van der Waals surface area contributed by atoms with Crippen LogP contribution in [0.1, 0.15) is 34.8 Å². The van der Waals surface area contributed by atoms with Crippen LogP contribution < -0.4 is 9.62 Å². The highest BCUT2D eigenvalue weighted by Gasteiger charge is 2.28. The summed E-state index contributed by atoms with van der Waals surface area (Å²) in [5, 5.41) is 2.88. The van der Waals surface area contributed by atoms with Crippen LogP contribution in [0.2, 0.25) is 0 Å². The fourth-order valence-corrected chi connectivity index (χ4v) is 4.86. The summed E-state index contributed by atoms with van der Waals surface area (Å²) in [5.41, 5.74) is 2.43. The third-order valence-corrected chi connectivity index (χ3v) is 6.92. The van der Waals surface area contributed by atoms with Gasteiger partial charge in [-0.25, -0.2) is 8.42 Å². The van der Waals surface area contributed by atoms with Crippen LogP contribution in [0.3, 0.4) is 0 Å². The topological polar surface area (TPSA) is 75.7 Å². The van der Waals surface area contributed by atoms with Gasteiger partial charge in [0.05, 0.1) is 22.7 Å². The Morgan fingerprint density at radius 3 is 2.30 bits per heavy atom. The lowest BCUT2D eigenvalue weighted by Crippen LogP contribution is -2.34. The first-order valence-electron chi connectivity index (χ1n) is 11.0. The van der Waals surface area contributed by atoms with Crippen LogP contribution in [0.25, 0.3) is 0 Å². The van der Waals surface area contributed by atoms with Crippen LogP contribution in [0.5, 0.6) is 0 Å². The maximum absolute atomic E-state index is 13.7. The summed E-state index contributed by atoms with van der Waals surface area (Å²) in [6, 6.07) is 22.9. The first-order chi connectivity index (χ1) is 15.9. The molecule has 0 saturated heterocycles. The molecule has 1 N–H and O–H groups in total. The highest BCUT2D eigenvalue weighted by molar-refractivity contribution is 7.92. The summed E-state index contributed by atoms with van der Waals surface area (Å²) in [6.45, 7) is 5.55. The molecule has 0 spiro atoms. The highest BCUT2D eigenvalue weighted by atomic mass is 32.2. The van der Waals surface area contributed by atoms with Crippen LogP contribution >= 0.6 is 0 Å². The molecule has 0 saturated carbocycles. The monoisotopic (exact) mass is 466 g/mol. The van der Waals surface area contributed by atoms with Gasteiger partial charge in [-0.3, -0.25) is 9.10 Å². The first kappa shape index (κ1) is 24.5. The molecule has 0 fully saturated rings. The number of sulfonamides is 1. The number of nitrogens with zero attached hydrogens (tertiary/aromatic N) is 1. The fraction of sp³-hybridized carbons (Fsp3) is 0.269. The van der Waals surface area contributed by atoms with E-state index in [1.807, 2.05) is 44.2 Å². The molecule has 0 unspecified atom stereocenters. The first-order valence-corrected chi connectivity index (χ1v) is 12.5. The molecule has 0 heterocycles. The molecule has 6 nitrogen and oxygen atoms in total. The minimum absolute atomic E-state index is 0.103. The van der Waals surface area contributed by atoms with E-state index in [9.17, 15) is 13.2 Å². The standard InChI is InChI=1S/C26H30N2O4S/c1-3-32-19-9-18-27-26(29)24-12-7-8-13-25(24)28(20-22-10-5-4-6-11-22)33(30,31)23-16-14-21(2)15-17-23/h4-8,10-17H,3,9,18-20H2,1-2H3,(H,27,29). The number of rotatable bonds is 11. The number of aryl methyl sites for hydroxylation is 1. The van der Waals surface area contributed by atoms with E-state index < -0.39 is 10.0 Å². The predicted molar refractivity (Wildman–Crippen MR) is 131 cm³/mol. The molecular weight excluding hydrogens is 436 g/mol. The summed E-state index contributed by atoms with van der Waals surface area (Å²) in [5.74, 6) is -0.320. The van der Waals surface area contributed by atoms with Gasteiger partial charge in [-0.2, -0.15) is 0 Å². The predicted octanol–water partition coefficient (Wildman–Crippen LogP) is 4.55. The number of hydrogen-bond donors (Lipinski definition) is 1. The lowest BCUT2D eigenvalue weighted by Gasteiger charge is -2.26. The Kier molecular flexibility index (Phi) is 8.63. The van der Waals surface area contributed by atoms with Gasteiger partial charge < -0.3 is 10.1 Å². The molecule has 7 heteroatoms. The van der Waals surface area contributed by atoms with Crippen LogP contribution in [0.15, 0.2) is 83.8 Å². The minimum Gasteiger partial charge on any atom is -0.382 e. The molecule has 3 rings (SSSR count). The third-order valence-electron chi connectivity index (χ3n) is 5.15. The van der Waals surface area contributed by atoms with Gasteiger partial charge in [0.25, 0.3) is 15.9 Å². The number of para-hydroxylation sites is 1. The Labute approximate surface area is 196 Å². The lowest BCUT2D eigenvalue weighted by atomic mass is 10.1. The van der Waals surface area contributed by atoms with Crippen molar-refractivity contribution in [1.82, 2.24) is 5.32 Å². The molecule has 0 aliphatic rings. The number of hydrogen-bond acceptors (Lipinski definition) is 4. The fourth-order valence-electron chi connectivity index (χ4n) is 3.39. The zero-order valence-corrected chi connectivity index (χ0v) is 19.8. The van der Waals surface area contributed by atoms with Gasteiger partial charge in [0.2, 0.25) is 0 Å². The van der Waals surface area contributed by atoms with Gasteiger partial charge in [-0.1, -0.05) is 60.2 Å². The molecule has 174 valence electrons. The van der Waals surface area contributed by atoms with Crippen LogP contribution in [-0.4, -0.2) is 34.1 Å². The second kappa shape index (κ2) is 11.6. The van der Waals surface area contributed by atoms with E-state index in [1.54, 1.807) is 48.5 Å². The summed E-state index contributed by atoms with van der Waals surface area (Å²) < 4.78 is 34.1. The van der Waals surface area contributed by atoms with Gasteiger partial charge in [-0.15, -0.1) is 0 Å². The van der Waals surface area contributed by atoms with Gasteiger partial charge in [0, 0.05) is 19.8 Å². The van der Waals surface area contributed by atoms with Crippen LogP contribution in [-0.2, 0) is 21.3 Å². The second-order valence-electron chi connectivity index (χ2n) is 7.63. The number of carbonyl (C=O) groups is 1. The Morgan fingerprint density at radius 1 is 0.939 bits per heavy atom. The zero-order valence-electron chi connectivity index (χ0n) is 19.0. The SMILES string of the molecule is CCOCCCNC(=O)c1ccccc1N(Cc1ccccc1)S(=O)(=O)c1ccc(C)cc1. The second-order valence-corrected chi connectivity index (χ2v) is 9.50. The number of benzene rings is 3. The minimum atomic E-state index is -3.92. The van der Waals surface area contributed by atoms with Crippen molar-refractivity contribution in [2.75, 3.05) is 24.1 Å². The number of ether oxygens (including phenoxy) is 1. The maximum atomic E-state index is 13.7. The van der Waals surface area contributed by atoms with Crippen molar-refractivity contribution in [3.8, 4) is 0 Å². The van der Waals surface area contributed by atoms with Crippen molar-refractivity contribution in [2.45, 2.75) is 31.7 Å². The van der Waals surface area contributed by atoms with E-state index in [0.29, 0.717) is 37.4 Å². The van der Waals surface area contributed by atoms with E-state index in [0.717, 1.165) is 11.1 Å². The molecule has 0 atom stereocenters. The molecule has 0 aliphatic heterocycles. The van der Waals surface area contributed by atoms with Gasteiger partial charge in [0.15, 0.2) is 0 Å². The van der Waals surface area contributed by atoms with Crippen molar-refractivity contribution in [1.29, 1.82) is 0 Å². The summed E-state index contributed by atoms with van der Waals surface area (Å²) in [7, 11) is -3.92. The van der Waals surface area contributed by atoms with Crippen molar-refractivity contribution in [3.05, 3.63) is 95.6 Å². The molecular formula is C26H30N2O4S.